The fourth-order valence-corrected chi connectivity index (χ4v) is 2.24. The first-order chi connectivity index (χ1) is 7.20. The second-order valence-corrected chi connectivity index (χ2v) is 4.39. The molecular formula is C11H20N4. The van der Waals surface area contributed by atoms with E-state index < -0.39 is 0 Å². The smallest absolute Gasteiger partial charge is 0.0537 e. The summed E-state index contributed by atoms with van der Waals surface area (Å²) in [7, 11) is 4.01. The van der Waals surface area contributed by atoms with Crippen LogP contribution in [0.4, 0.5) is 0 Å². The van der Waals surface area contributed by atoms with Crippen LogP contribution in [0.25, 0.3) is 0 Å². The van der Waals surface area contributed by atoms with Crippen LogP contribution >= 0.6 is 0 Å². The Morgan fingerprint density at radius 3 is 2.93 bits per heavy atom. The number of likely N-dealkylation sites (N-methyl/N-ethyl adjacent to an activating group) is 1. The summed E-state index contributed by atoms with van der Waals surface area (Å²) in [5.41, 5.74) is 1.31. The number of hydrogen-bond acceptors (Lipinski definition) is 3. The van der Waals surface area contributed by atoms with E-state index in [-0.39, 0.29) is 0 Å². The van der Waals surface area contributed by atoms with Crippen molar-refractivity contribution in [3.05, 3.63) is 18.0 Å². The van der Waals surface area contributed by atoms with Crippen molar-refractivity contribution in [1.82, 2.24) is 20.0 Å². The Kier molecular flexibility index (Phi) is 3.07. The van der Waals surface area contributed by atoms with Gasteiger partial charge in [-0.15, -0.1) is 0 Å². The van der Waals surface area contributed by atoms with Gasteiger partial charge in [-0.3, -0.25) is 9.58 Å². The second-order valence-electron chi connectivity index (χ2n) is 4.39. The summed E-state index contributed by atoms with van der Waals surface area (Å²) < 4.78 is 1.87. The highest BCUT2D eigenvalue weighted by Gasteiger charge is 2.26. The predicted octanol–water partition coefficient (Wildman–Crippen LogP) is 0.775. The maximum atomic E-state index is 4.22. The zero-order valence-corrected chi connectivity index (χ0v) is 9.77. The molecule has 0 spiro atoms. The van der Waals surface area contributed by atoms with Gasteiger partial charge in [0.2, 0.25) is 0 Å². The molecule has 1 saturated heterocycles. The van der Waals surface area contributed by atoms with Crippen LogP contribution in [0.2, 0.25) is 0 Å². The van der Waals surface area contributed by atoms with Crippen molar-refractivity contribution in [2.45, 2.75) is 25.4 Å². The zero-order valence-electron chi connectivity index (χ0n) is 9.77. The molecule has 15 heavy (non-hydrogen) atoms. The summed E-state index contributed by atoms with van der Waals surface area (Å²) in [5, 5.41) is 7.57. The first kappa shape index (κ1) is 10.6. The molecule has 1 aromatic heterocycles. The molecule has 4 nitrogen and oxygen atoms in total. The second kappa shape index (κ2) is 4.33. The number of nitrogens with zero attached hydrogens (tertiary/aromatic N) is 3. The van der Waals surface area contributed by atoms with Crippen LogP contribution in [-0.4, -0.2) is 40.9 Å². The van der Waals surface area contributed by atoms with Crippen LogP contribution in [0.5, 0.6) is 0 Å². The van der Waals surface area contributed by atoms with E-state index >= 15 is 0 Å². The van der Waals surface area contributed by atoms with Gasteiger partial charge in [-0.25, -0.2) is 0 Å². The first-order valence-corrected chi connectivity index (χ1v) is 5.60. The minimum absolute atomic E-state index is 0.483. The molecule has 84 valence electrons. The number of nitrogens with one attached hydrogen (secondary N) is 1. The zero-order chi connectivity index (χ0) is 10.8. The molecule has 0 aliphatic carbocycles. The van der Waals surface area contributed by atoms with E-state index in [1.54, 1.807) is 0 Å². The van der Waals surface area contributed by atoms with Gasteiger partial charge < -0.3 is 5.32 Å². The molecule has 4 heteroatoms. The SMILES string of the molecule is CNC1CCN(C(C)c2cnn(C)c2)C1. The van der Waals surface area contributed by atoms with Crippen LogP contribution in [0.1, 0.15) is 24.9 Å². The van der Waals surface area contributed by atoms with E-state index in [1.165, 1.54) is 18.5 Å². The van der Waals surface area contributed by atoms with Crippen molar-refractivity contribution in [2.75, 3.05) is 20.1 Å². The van der Waals surface area contributed by atoms with Gasteiger partial charge in [-0.2, -0.15) is 5.10 Å². The van der Waals surface area contributed by atoms with E-state index in [4.69, 9.17) is 0 Å². The van der Waals surface area contributed by atoms with Crippen LogP contribution in [0.3, 0.4) is 0 Å². The summed E-state index contributed by atoms with van der Waals surface area (Å²) in [6.07, 6.45) is 5.33. The molecular weight excluding hydrogens is 188 g/mol. The topological polar surface area (TPSA) is 33.1 Å². The summed E-state index contributed by atoms with van der Waals surface area (Å²) in [5.74, 6) is 0. The van der Waals surface area contributed by atoms with Crippen LogP contribution in [-0.2, 0) is 7.05 Å². The largest absolute Gasteiger partial charge is 0.316 e. The Balaban J connectivity index is 2.00. The van der Waals surface area contributed by atoms with Gasteiger partial charge in [0.25, 0.3) is 0 Å². The van der Waals surface area contributed by atoms with Crippen molar-refractivity contribution >= 4 is 0 Å². The van der Waals surface area contributed by atoms with Crippen LogP contribution in [0, 0.1) is 0 Å². The number of aryl methyl sites for hydroxylation is 1. The molecule has 1 aromatic rings. The lowest BCUT2D eigenvalue weighted by Crippen LogP contribution is -2.31. The van der Waals surface area contributed by atoms with E-state index in [9.17, 15) is 0 Å². The molecule has 0 aromatic carbocycles. The molecule has 0 amide bonds. The summed E-state index contributed by atoms with van der Waals surface area (Å²) in [6.45, 7) is 4.59. The van der Waals surface area contributed by atoms with Gasteiger partial charge in [0, 0.05) is 44.0 Å². The van der Waals surface area contributed by atoms with Crippen molar-refractivity contribution < 1.29 is 0 Å². The quantitative estimate of drug-likeness (QED) is 0.796. The van der Waals surface area contributed by atoms with Crippen LogP contribution < -0.4 is 5.32 Å². The van der Waals surface area contributed by atoms with Gasteiger partial charge in [0.05, 0.1) is 6.20 Å². The van der Waals surface area contributed by atoms with Crippen molar-refractivity contribution in [1.29, 1.82) is 0 Å². The molecule has 0 saturated carbocycles. The Labute approximate surface area is 91.3 Å². The van der Waals surface area contributed by atoms with Crippen molar-refractivity contribution in [2.24, 2.45) is 7.05 Å². The van der Waals surface area contributed by atoms with Gasteiger partial charge in [0.15, 0.2) is 0 Å². The maximum Gasteiger partial charge on any atom is 0.0537 e. The predicted molar refractivity (Wildman–Crippen MR) is 60.7 cm³/mol. The monoisotopic (exact) mass is 208 g/mol. The normalized spacial score (nSPS) is 24.6. The highest BCUT2D eigenvalue weighted by Crippen LogP contribution is 2.23. The number of likely N-dealkylation sites (tertiary alicyclic amines) is 1. The summed E-state index contributed by atoms with van der Waals surface area (Å²) in [6, 6.07) is 1.14. The summed E-state index contributed by atoms with van der Waals surface area (Å²) in [4.78, 5) is 2.51. The van der Waals surface area contributed by atoms with Crippen molar-refractivity contribution in [3.8, 4) is 0 Å². The number of rotatable bonds is 3. The Morgan fingerprint density at radius 1 is 1.60 bits per heavy atom. The Hall–Kier alpha value is -0.870. The number of hydrogen-bond donors (Lipinski definition) is 1. The van der Waals surface area contributed by atoms with Crippen LogP contribution in [0.15, 0.2) is 12.4 Å². The Bertz CT molecular complexity index is 320. The van der Waals surface area contributed by atoms with Gasteiger partial charge >= 0.3 is 0 Å². The minimum atomic E-state index is 0.483. The third-order valence-electron chi connectivity index (χ3n) is 3.38. The van der Waals surface area contributed by atoms with Gasteiger partial charge in [-0.1, -0.05) is 0 Å². The molecule has 2 unspecified atom stereocenters. The summed E-state index contributed by atoms with van der Waals surface area (Å²) >= 11 is 0. The highest BCUT2D eigenvalue weighted by molar-refractivity contribution is 5.10. The standard InChI is InChI=1S/C11H20N4/c1-9(10-6-13-14(3)7-10)15-5-4-11(8-15)12-2/h6-7,9,11-12H,4-5,8H2,1-3H3. The number of aromatic nitrogens is 2. The lowest BCUT2D eigenvalue weighted by molar-refractivity contribution is 0.257. The minimum Gasteiger partial charge on any atom is -0.316 e. The molecule has 0 radical (unpaired) electrons. The average molecular weight is 208 g/mol. The third-order valence-corrected chi connectivity index (χ3v) is 3.38. The molecule has 1 aliphatic heterocycles. The maximum absolute atomic E-state index is 4.22. The molecule has 2 atom stereocenters. The van der Waals surface area contributed by atoms with E-state index in [1.807, 2.05) is 25.0 Å². The molecule has 1 N–H and O–H groups in total. The fourth-order valence-electron chi connectivity index (χ4n) is 2.24. The molecule has 0 bridgehead atoms. The lowest BCUT2D eigenvalue weighted by Gasteiger charge is -2.23. The fraction of sp³-hybridized carbons (Fsp3) is 0.727. The third kappa shape index (κ3) is 2.21. The van der Waals surface area contributed by atoms with E-state index in [0.717, 1.165) is 6.54 Å². The van der Waals surface area contributed by atoms with Gasteiger partial charge in [0.1, 0.15) is 0 Å². The highest BCUT2D eigenvalue weighted by atomic mass is 15.3. The van der Waals surface area contributed by atoms with E-state index in [2.05, 4.69) is 28.4 Å². The molecule has 1 fully saturated rings. The lowest BCUT2D eigenvalue weighted by atomic mass is 10.2. The Morgan fingerprint density at radius 2 is 2.40 bits per heavy atom. The molecule has 1 aliphatic rings. The molecule has 2 rings (SSSR count). The van der Waals surface area contributed by atoms with Crippen molar-refractivity contribution in [3.63, 3.8) is 0 Å². The van der Waals surface area contributed by atoms with Gasteiger partial charge in [-0.05, 0) is 20.4 Å². The molecule has 2 heterocycles. The van der Waals surface area contributed by atoms with E-state index in [0.29, 0.717) is 12.1 Å². The first-order valence-electron chi connectivity index (χ1n) is 5.60. The average Bonchev–Trinajstić information content (AvgIpc) is 2.84.